The molecule has 1 atom stereocenters. The van der Waals surface area contributed by atoms with E-state index in [0.29, 0.717) is 11.5 Å². The largest absolute Gasteiger partial charge is 0.456 e. The number of fused-ring (bicyclic) bond motifs is 9. The molecular formula is C55H35NO3. The highest BCUT2D eigenvalue weighted by Gasteiger charge is 2.48. The van der Waals surface area contributed by atoms with Gasteiger partial charge in [0.2, 0.25) is 0 Å². The molecule has 0 spiro atoms. The molecule has 59 heavy (non-hydrogen) atoms. The molecule has 1 unspecified atom stereocenters. The number of furan rings is 1. The van der Waals surface area contributed by atoms with E-state index in [2.05, 4.69) is 181 Å². The fourth-order valence-corrected chi connectivity index (χ4v) is 9.42. The number of anilines is 3. The van der Waals surface area contributed by atoms with Gasteiger partial charge in [0.05, 0.1) is 5.41 Å². The number of hydrogen-bond donors (Lipinski definition) is 0. The first-order chi connectivity index (χ1) is 29.2. The molecule has 0 saturated heterocycles. The summed E-state index contributed by atoms with van der Waals surface area (Å²) < 4.78 is 19.6. The lowest BCUT2D eigenvalue weighted by atomic mass is 9.67. The van der Waals surface area contributed by atoms with Crippen LogP contribution in [0.15, 0.2) is 217 Å². The Morgan fingerprint density at radius 3 is 1.76 bits per heavy atom. The Labute approximate surface area is 341 Å². The van der Waals surface area contributed by atoms with E-state index < -0.39 is 5.41 Å². The lowest BCUT2D eigenvalue weighted by molar-refractivity contribution is 0.360. The minimum atomic E-state index is -0.629. The second-order valence-electron chi connectivity index (χ2n) is 15.2. The van der Waals surface area contributed by atoms with Crippen molar-refractivity contribution in [2.24, 2.45) is 0 Å². The molecule has 1 aliphatic carbocycles. The van der Waals surface area contributed by atoms with Crippen LogP contribution >= 0.6 is 0 Å². The van der Waals surface area contributed by atoms with E-state index in [1.165, 1.54) is 22.3 Å². The first-order valence-corrected chi connectivity index (χ1v) is 20.0. The quantitative estimate of drug-likeness (QED) is 0.169. The van der Waals surface area contributed by atoms with Gasteiger partial charge in [-0.3, -0.25) is 0 Å². The Balaban J connectivity index is 1.04. The first-order valence-electron chi connectivity index (χ1n) is 20.0. The molecule has 0 radical (unpaired) electrons. The van der Waals surface area contributed by atoms with Gasteiger partial charge in [-0.1, -0.05) is 146 Å². The number of nitrogens with zero attached hydrogens (tertiary/aromatic N) is 1. The maximum absolute atomic E-state index is 6.74. The van der Waals surface area contributed by atoms with E-state index in [-0.39, 0.29) is 0 Å². The van der Waals surface area contributed by atoms with Gasteiger partial charge in [0, 0.05) is 39.5 Å². The van der Waals surface area contributed by atoms with Crippen molar-refractivity contribution in [3.8, 4) is 45.3 Å². The van der Waals surface area contributed by atoms with Crippen LogP contribution in [0.5, 0.6) is 23.0 Å². The van der Waals surface area contributed by atoms with Crippen molar-refractivity contribution in [2.75, 3.05) is 4.90 Å². The molecule has 0 amide bonds. The predicted molar refractivity (Wildman–Crippen MR) is 238 cm³/mol. The second-order valence-corrected chi connectivity index (χ2v) is 15.2. The zero-order valence-corrected chi connectivity index (χ0v) is 31.9. The maximum Gasteiger partial charge on any atom is 0.178 e. The average Bonchev–Trinajstić information content (AvgIpc) is 3.83. The zero-order chi connectivity index (χ0) is 38.9. The summed E-state index contributed by atoms with van der Waals surface area (Å²) in [6, 6.07) is 74.9. The molecule has 10 aromatic rings. The highest BCUT2D eigenvalue weighted by atomic mass is 16.6. The van der Waals surface area contributed by atoms with Gasteiger partial charge in [-0.25, -0.2) is 0 Å². The van der Waals surface area contributed by atoms with Crippen LogP contribution < -0.4 is 14.4 Å². The van der Waals surface area contributed by atoms with Gasteiger partial charge in [-0.15, -0.1) is 0 Å². The molecule has 1 aliphatic heterocycles. The second kappa shape index (κ2) is 13.1. The molecule has 9 aromatic carbocycles. The molecule has 0 N–H and O–H groups in total. The van der Waals surface area contributed by atoms with Crippen LogP contribution in [0.2, 0.25) is 0 Å². The Morgan fingerprint density at radius 1 is 0.373 bits per heavy atom. The molecule has 278 valence electrons. The molecule has 12 rings (SSSR count). The molecule has 1 aromatic heterocycles. The monoisotopic (exact) mass is 757 g/mol. The Bertz CT molecular complexity index is 3210. The Morgan fingerprint density at radius 2 is 0.966 bits per heavy atom. The molecule has 0 fully saturated rings. The van der Waals surface area contributed by atoms with Gasteiger partial charge < -0.3 is 18.8 Å². The summed E-state index contributed by atoms with van der Waals surface area (Å²) in [5.74, 6) is 2.89. The smallest absolute Gasteiger partial charge is 0.178 e. The molecular weight excluding hydrogens is 723 g/mol. The van der Waals surface area contributed by atoms with Crippen molar-refractivity contribution in [1.82, 2.24) is 0 Å². The van der Waals surface area contributed by atoms with Crippen molar-refractivity contribution >= 4 is 39.0 Å². The SMILES string of the molecule is c1ccc(-c2ccc(N(c3ccc(C4(c5ccccc5)c5ccccc5-c5c4ccc4c5Oc5ccccc5O4)cc3)c3ccc4c(c3)oc3ccccc34)cc2)cc1. The van der Waals surface area contributed by atoms with Crippen LogP contribution in [-0.2, 0) is 5.41 Å². The van der Waals surface area contributed by atoms with Crippen LogP contribution in [0, 0.1) is 0 Å². The molecule has 4 heteroatoms. The third kappa shape index (κ3) is 5.10. The minimum Gasteiger partial charge on any atom is -0.456 e. The number of para-hydroxylation sites is 3. The van der Waals surface area contributed by atoms with Crippen molar-refractivity contribution in [3.05, 3.63) is 235 Å². The van der Waals surface area contributed by atoms with Gasteiger partial charge in [-0.05, 0) is 99.6 Å². The van der Waals surface area contributed by atoms with Crippen molar-refractivity contribution in [2.45, 2.75) is 5.41 Å². The number of ether oxygens (including phenoxy) is 2. The van der Waals surface area contributed by atoms with Crippen LogP contribution in [0.25, 0.3) is 44.2 Å². The summed E-state index contributed by atoms with van der Waals surface area (Å²) in [5, 5.41) is 2.21. The van der Waals surface area contributed by atoms with E-state index >= 15 is 0 Å². The predicted octanol–water partition coefficient (Wildman–Crippen LogP) is 15.0. The fourth-order valence-electron chi connectivity index (χ4n) is 9.42. The molecule has 2 aliphatic rings. The topological polar surface area (TPSA) is 34.8 Å². The van der Waals surface area contributed by atoms with Gasteiger partial charge in [0.15, 0.2) is 23.0 Å². The standard InChI is InChI=1S/C55H35NO3/c1-3-13-36(14-4-1)37-23-27-40(28-24-37)56(42-31-32-44-43-17-8-10-20-48(43)57-52(44)35-42)41-29-25-39(26-30-41)55(38-15-5-2-6-16-38)46-19-9-7-18-45(46)53-47(55)33-34-51-54(53)59-50-22-12-11-21-49(50)58-51/h1-35H. The summed E-state index contributed by atoms with van der Waals surface area (Å²) >= 11 is 0. The summed E-state index contributed by atoms with van der Waals surface area (Å²) in [6.45, 7) is 0. The molecule has 2 heterocycles. The van der Waals surface area contributed by atoms with E-state index in [1.54, 1.807) is 0 Å². The summed E-state index contributed by atoms with van der Waals surface area (Å²) in [6.07, 6.45) is 0. The molecule has 0 saturated carbocycles. The highest BCUT2D eigenvalue weighted by molar-refractivity contribution is 6.06. The zero-order valence-electron chi connectivity index (χ0n) is 31.9. The van der Waals surface area contributed by atoms with Crippen molar-refractivity contribution in [3.63, 3.8) is 0 Å². The van der Waals surface area contributed by atoms with Gasteiger partial charge in [0.25, 0.3) is 0 Å². The fraction of sp³-hybridized carbons (Fsp3) is 0.0182. The third-order valence-corrected chi connectivity index (χ3v) is 12.0. The highest BCUT2D eigenvalue weighted by Crippen LogP contribution is 2.62. The van der Waals surface area contributed by atoms with Crippen LogP contribution in [0.4, 0.5) is 17.1 Å². The van der Waals surface area contributed by atoms with Gasteiger partial charge >= 0.3 is 0 Å². The average molecular weight is 758 g/mol. The number of benzene rings is 9. The van der Waals surface area contributed by atoms with E-state index in [9.17, 15) is 0 Å². The van der Waals surface area contributed by atoms with E-state index in [4.69, 9.17) is 13.9 Å². The van der Waals surface area contributed by atoms with Crippen molar-refractivity contribution in [1.29, 1.82) is 0 Å². The summed E-state index contributed by atoms with van der Waals surface area (Å²) in [7, 11) is 0. The molecule has 4 nitrogen and oxygen atoms in total. The summed E-state index contributed by atoms with van der Waals surface area (Å²) in [5.41, 5.74) is 13.4. The maximum atomic E-state index is 6.74. The van der Waals surface area contributed by atoms with Crippen LogP contribution in [0.1, 0.15) is 22.3 Å². The lowest BCUT2D eigenvalue weighted by Gasteiger charge is -2.35. The number of hydrogen-bond acceptors (Lipinski definition) is 4. The Kier molecular flexibility index (Phi) is 7.41. The van der Waals surface area contributed by atoms with E-state index in [1.807, 2.05) is 36.4 Å². The first kappa shape index (κ1) is 33.3. The summed E-state index contributed by atoms with van der Waals surface area (Å²) in [4.78, 5) is 2.32. The third-order valence-electron chi connectivity index (χ3n) is 12.0. The van der Waals surface area contributed by atoms with Gasteiger partial charge in [-0.2, -0.15) is 0 Å². The van der Waals surface area contributed by atoms with Crippen molar-refractivity contribution < 1.29 is 13.9 Å². The van der Waals surface area contributed by atoms with Crippen LogP contribution in [-0.4, -0.2) is 0 Å². The van der Waals surface area contributed by atoms with Crippen LogP contribution in [0.3, 0.4) is 0 Å². The molecule has 0 bridgehead atoms. The Hall–Kier alpha value is -7.82. The van der Waals surface area contributed by atoms with E-state index in [0.717, 1.165) is 72.8 Å². The normalized spacial score (nSPS) is 14.8. The van der Waals surface area contributed by atoms with Gasteiger partial charge in [0.1, 0.15) is 11.2 Å². The minimum absolute atomic E-state index is 0.629. The lowest BCUT2D eigenvalue weighted by Crippen LogP contribution is -2.28. The number of rotatable bonds is 6.